The van der Waals surface area contributed by atoms with Crippen molar-refractivity contribution in [1.29, 1.82) is 5.26 Å². The van der Waals surface area contributed by atoms with E-state index in [-0.39, 0.29) is 0 Å². The highest BCUT2D eigenvalue weighted by molar-refractivity contribution is 6.30. The van der Waals surface area contributed by atoms with Gasteiger partial charge in [0.25, 0.3) is 0 Å². The van der Waals surface area contributed by atoms with Gasteiger partial charge in [-0.2, -0.15) is 5.26 Å². The zero-order chi connectivity index (χ0) is 35.4. The Morgan fingerprint density at radius 3 is 1.67 bits per heavy atom. The molecule has 0 aliphatic carbocycles. The first-order valence-electron chi connectivity index (χ1n) is 15.2. The molecule has 11 nitrogen and oxygen atoms in total. The van der Waals surface area contributed by atoms with Gasteiger partial charge in [-0.3, -0.25) is 24.5 Å². The highest BCUT2D eigenvalue weighted by atomic mass is 35.5. The number of halogens is 1. The number of hydrogen-bond donors (Lipinski definition) is 1. The van der Waals surface area contributed by atoms with E-state index in [0.717, 1.165) is 0 Å². The zero-order valence-electron chi connectivity index (χ0n) is 29.0. The number of carbonyl (C=O) groups excluding carboxylic acids is 4. The Labute approximate surface area is 277 Å². The van der Waals surface area contributed by atoms with Gasteiger partial charge >= 0.3 is 23.9 Å². The Balaban J connectivity index is 2.76. The summed E-state index contributed by atoms with van der Waals surface area (Å²) >= 11 is 6.20. The van der Waals surface area contributed by atoms with Crippen LogP contribution in [0.25, 0.3) is 0 Å². The molecule has 1 fully saturated rings. The van der Waals surface area contributed by atoms with Crippen LogP contribution in [0.15, 0.2) is 24.3 Å². The van der Waals surface area contributed by atoms with Crippen molar-refractivity contribution in [3.05, 3.63) is 34.9 Å². The second-order valence-electron chi connectivity index (χ2n) is 15.6. The lowest BCUT2D eigenvalue weighted by atomic mass is 9.92. The van der Waals surface area contributed by atoms with Gasteiger partial charge in [-0.15, -0.1) is 0 Å². The number of nitrogens with one attached hydrogen (secondary N) is 1. The first-order valence-corrected chi connectivity index (χ1v) is 15.6. The van der Waals surface area contributed by atoms with Crippen LogP contribution in [0.5, 0.6) is 0 Å². The lowest BCUT2D eigenvalue weighted by Crippen LogP contribution is -2.66. The third kappa shape index (κ3) is 10.7. The number of esters is 4. The number of ether oxygens (including phenoxy) is 5. The summed E-state index contributed by atoms with van der Waals surface area (Å²) < 4.78 is 29.9. The molecule has 1 aromatic carbocycles. The molecule has 0 radical (unpaired) electrons. The largest absolute Gasteiger partial charge is 0.462 e. The van der Waals surface area contributed by atoms with Gasteiger partial charge in [0, 0.05) is 5.02 Å². The van der Waals surface area contributed by atoms with Crippen LogP contribution in [0.3, 0.4) is 0 Å². The number of benzene rings is 1. The fourth-order valence-electron chi connectivity index (χ4n) is 3.92. The quantitative estimate of drug-likeness (QED) is 0.270. The molecule has 0 amide bonds. The third-order valence-corrected chi connectivity index (χ3v) is 7.07. The van der Waals surface area contributed by atoms with Crippen molar-refractivity contribution in [2.45, 2.75) is 120 Å². The summed E-state index contributed by atoms with van der Waals surface area (Å²) in [5.41, 5.74) is -3.38. The molecule has 1 heterocycles. The molecule has 0 spiro atoms. The molecule has 1 aliphatic rings. The van der Waals surface area contributed by atoms with E-state index < -0.39 is 88.8 Å². The smallest absolute Gasteiger partial charge is 0.311 e. The van der Waals surface area contributed by atoms with Crippen LogP contribution in [-0.4, -0.2) is 61.1 Å². The molecule has 6 atom stereocenters. The minimum atomic E-state index is -1.44. The summed E-state index contributed by atoms with van der Waals surface area (Å²) in [5, 5.41) is 13.6. The van der Waals surface area contributed by atoms with Crippen LogP contribution in [0.1, 0.15) is 94.7 Å². The van der Waals surface area contributed by atoms with Crippen molar-refractivity contribution < 1.29 is 42.9 Å². The van der Waals surface area contributed by atoms with Gasteiger partial charge in [0.15, 0.2) is 24.5 Å². The Morgan fingerprint density at radius 1 is 0.783 bits per heavy atom. The van der Waals surface area contributed by atoms with Crippen LogP contribution < -0.4 is 5.32 Å². The lowest BCUT2D eigenvalue weighted by molar-refractivity contribution is -0.265. The normalized spacial score (nSPS) is 23.0. The van der Waals surface area contributed by atoms with Crippen LogP contribution in [0, 0.1) is 33.0 Å². The van der Waals surface area contributed by atoms with E-state index >= 15 is 0 Å². The molecule has 256 valence electrons. The second-order valence-corrected chi connectivity index (χ2v) is 16.0. The molecular formula is C34H49ClN2O9. The first-order chi connectivity index (χ1) is 20.9. The van der Waals surface area contributed by atoms with Crippen LogP contribution in [-0.2, 0) is 42.9 Å². The van der Waals surface area contributed by atoms with E-state index in [0.29, 0.717) is 10.6 Å². The van der Waals surface area contributed by atoms with Crippen molar-refractivity contribution in [2.24, 2.45) is 21.7 Å². The molecule has 2 rings (SSSR count). The van der Waals surface area contributed by atoms with Gasteiger partial charge in [0.2, 0.25) is 0 Å². The minimum absolute atomic E-state index is 0.387. The number of nitriles is 1. The predicted octanol–water partition coefficient (Wildman–Crippen LogP) is 5.68. The highest BCUT2D eigenvalue weighted by Gasteiger charge is 2.55. The van der Waals surface area contributed by atoms with Crippen molar-refractivity contribution >= 4 is 35.5 Å². The van der Waals surface area contributed by atoms with Crippen LogP contribution in [0.4, 0.5) is 0 Å². The van der Waals surface area contributed by atoms with Gasteiger partial charge in [0.05, 0.1) is 27.7 Å². The molecule has 0 saturated carbocycles. The third-order valence-electron chi connectivity index (χ3n) is 6.83. The molecular weight excluding hydrogens is 616 g/mol. The number of carbonyl (C=O) groups is 4. The monoisotopic (exact) mass is 664 g/mol. The van der Waals surface area contributed by atoms with E-state index in [1.54, 1.807) is 107 Å². The summed E-state index contributed by atoms with van der Waals surface area (Å²) in [7, 11) is 0. The molecule has 0 bridgehead atoms. The predicted molar refractivity (Wildman–Crippen MR) is 170 cm³/mol. The average Bonchev–Trinajstić information content (AvgIpc) is 2.90. The Hall–Kier alpha value is -3.20. The first kappa shape index (κ1) is 39.0. The van der Waals surface area contributed by atoms with Gasteiger partial charge in [-0.05, 0) is 101 Å². The molecule has 1 aromatic rings. The summed E-state index contributed by atoms with van der Waals surface area (Å²) in [6, 6.07) is 7.72. The van der Waals surface area contributed by atoms with Gasteiger partial charge < -0.3 is 23.7 Å². The van der Waals surface area contributed by atoms with Crippen molar-refractivity contribution in [3.8, 4) is 6.07 Å². The van der Waals surface area contributed by atoms with Crippen molar-refractivity contribution in [3.63, 3.8) is 0 Å². The van der Waals surface area contributed by atoms with E-state index in [1.165, 1.54) is 0 Å². The van der Waals surface area contributed by atoms with E-state index in [1.807, 2.05) is 0 Å². The molecule has 1 N–H and O–H groups in total. The fraction of sp³-hybridized carbons (Fsp3) is 0.676. The zero-order valence-corrected chi connectivity index (χ0v) is 29.7. The van der Waals surface area contributed by atoms with Gasteiger partial charge in [-0.1, -0.05) is 23.7 Å². The Kier molecular flexibility index (Phi) is 12.5. The average molecular weight is 665 g/mol. The fourth-order valence-corrected chi connectivity index (χ4v) is 4.12. The molecule has 0 unspecified atom stereocenters. The number of hydrogen-bond acceptors (Lipinski definition) is 11. The maximum atomic E-state index is 13.4. The summed E-state index contributed by atoms with van der Waals surface area (Å²) in [6.45, 7) is 19.4. The lowest BCUT2D eigenvalue weighted by Gasteiger charge is -2.46. The molecule has 0 aromatic heterocycles. The number of rotatable bonds is 8. The van der Waals surface area contributed by atoms with Gasteiger partial charge in [-0.25, -0.2) is 0 Å². The van der Waals surface area contributed by atoms with Crippen LogP contribution >= 0.6 is 11.6 Å². The maximum Gasteiger partial charge on any atom is 0.311 e. The summed E-state index contributed by atoms with van der Waals surface area (Å²) in [5.74, 6) is -2.56. The highest BCUT2D eigenvalue weighted by Crippen LogP contribution is 2.34. The summed E-state index contributed by atoms with van der Waals surface area (Å²) in [4.78, 5) is 52.9. The van der Waals surface area contributed by atoms with Crippen LogP contribution in [0.2, 0.25) is 5.02 Å². The SMILES string of the molecule is CC(C)(C)C(=O)OC[C@H]1O[C@@H](N[C@@H](C#N)c2cccc(Cl)c2)[C@H](OC(=O)C(C)(C)C)[C@@H](OC(=O)C(C)(C)C)[C@H]1OC(=O)C(C)(C)C. The molecule has 12 heteroatoms. The van der Waals surface area contributed by atoms with Crippen molar-refractivity contribution in [1.82, 2.24) is 5.32 Å². The van der Waals surface area contributed by atoms with Gasteiger partial charge in [0.1, 0.15) is 18.8 Å². The van der Waals surface area contributed by atoms with E-state index in [9.17, 15) is 24.4 Å². The topological polar surface area (TPSA) is 150 Å². The number of nitrogens with zero attached hydrogens (tertiary/aromatic N) is 1. The molecule has 1 aliphatic heterocycles. The Morgan fingerprint density at radius 2 is 1.24 bits per heavy atom. The Bertz CT molecular complexity index is 1310. The maximum absolute atomic E-state index is 13.4. The van der Waals surface area contributed by atoms with E-state index in [4.69, 9.17) is 35.3 Å². The minimum Gasteiger partial charge on any atom is -0.462 e. The molecule has 1 saturated heterocycles. The van der Waals surface area contributed by atoms with Crippen molar-refractivity contribution in [2.75, 3.05) is 6.61 Å². The summed E-state index contributed by atoms with van der Waals surface area (Å²) in [6.07, 6.45) is -6.76. The second kappa shape index (κ2) is 14.7. The molecule has 46 heavy (non-hydrogen) atoms. The van der Waals surface area contributed by atoms with E-state index in [2.05, 4.69) is 11.4 Å². The standard InChI is InChI=1S/C34H49ClN2O9/c1-31(2,3)27(38)42-18-22-23(44-28(39)32(4,5)6)24(45-29(40)33(7,8)9)25(46-30(41)34(10,11)12)26(43-22)37-21(17-36)19-14-13-15-20(35)16-19/h13-16,21-26,37H,18H2,1-12H3/t21-,22+,23-,24-,25+,26+/m0/s1.